The number of aliphatic carboxylic acids is 1. The molecule has 3 amide bonds. The molecule has 1 aromatic heterocycles. The number of carbonyl (C=O) groups excluding carboxylic acids is 2. The molecule has 0 aliphatic carbocycles. The number of carboxylic acid groups (broad SMARTS) is 1. The average molecular weight is 299 g/mol. The van der Waals surface area contributed by atoms with Gasteiger partial charge in [-0.2, -0.15) is 11.3 Å². The molecule has 1 atom stereocenters. The monoisotopic (exact) mass is 299 g/mol. The van der Waals surface area contributed by atoms with Crippen LogP contribution >= 0.6 is 11.3 Å². The van der Waals surface area contributed by atoms with Gasteiger partial charge in [0.25, 0.3) is 0 Å². The lowest BCUT2D eigenvalue weighted by molar-refractivity contribution is -0.139. The molecule has 1 heterocycles. The first-order valence-corrected chi connectivity index (χ1v) is 6.91. The average Bonchev–Trinajstić information content (AvgIpc) is 2.77. The molecule has 0 radical (unpaired) electrons. The molecule has 0 aliphatic heterocycles. The van der Waals surface area contributed by atoms with Gasteiger partial charge in [0.1, 0.15) is 6.04 Å². The molecule has 1 rings (SSSR count). The normalized spacial score (nSPS) is 11.7. The zero-order valence-corrected chi connectivity index (χ0v) is 11.8. The van der Waals surface area contributed by atoms with Crippen LogP contribution in [0.2, 0.25) is 0 Å². The number of nitrogens with one attached hydrogen (secondary N) is 2. The molecule has 0 saturated heterocycles. The number of carbonyl (C=O) groups is 3. The van der Waals surface area contributed by atoms with Crippen molar-refractivity contribution in [1.82, 2.24) is 10.6 Å². The Labute approximate surface area is 120 Å². The third-order valence-electron chi connectivity index (χ3n) is 2.68. The van der Waals surface area contributed by atoms with Gasteiger partial charge in [0.2, 0.25) is 5.91 Å². The summed E-state index contributed by atoms with van der Waals surface area (Å²) in [5.41, 5.74) is 7.00. The van der Waals surface area contributed by atoms with Crippen molar-refractivity contribution in [3.05, 3.63) is 21.9 Å². The molecular formula is C12H17N3O4S. The van der Waals surface area contributed by atoms with Gasteiger partial charge in [0.05, 0.1) is 0 Å². The van der Waals surface area contributed by atoms with Gasteiger partial charge in [0, 0.05) is 13.0 Å². The summed E-state index contributed by atoms with van der Waals surface area (Å²) in [5.74, 6) is -1.81. The summed E-state index contributed by atoms with van der Waals surface area (Å²) in [7, 11) is 0. The molecule has 110 valence electrons. The summed E-state index contributed by atoms with van der Waals surface area (Å²) < 4.78 is 0. The second-order valence-electron chi connectivity index (χ2n) is 4.30. The number of rotatable bonds is 7. The number of hydrogen-bond donors (Lipinski definition) is 4. The van der Waals surface area contributed by atoms with E-state index in [9.17, 15) is 14.4 Å². The molecule has 0 aromatic carbocycles. The van der Waals surface area contributed by atoms with Crippen LogP contribution in [0.1, 0.15) is 24.0 Å². The van der Waals surface area contributed by atoms with Crippen molar-refractivity contribution >= 4 is 29.2 Å². The number of urea groups is 1. The van der Waals surface area contributed by atoms with Gasteiger partial charge in [-0.05, 0) is 35.2 Å². The van der Waals surface area contributed by atoms with Crippen LogP contribution in [-0.4, -0.2) is 29.1 Å². The number of nitrogens with two attached hydrogens (primary N) is 1. The van der Waals surface area contributed by atoms with E-state index in [-0.39, 0.29) is 12.8 Å². The molecule has 1 unspecified atom stereocenters. The Morgan fingerprint density at radius 3 is 2.60 bits per heavy atom. The standard InChI is InChI=1S/C12H17N3O4S/c1-7-5-20-6-8(7)4-14-12(19)15-9(11(17)18)2-3-10(13)16/h5-6,9H,2-4H2,1H3,(H2,13,16)(H,17,18)(H2,14,15,19). The maximum absolute atomic E-state index is 11.6. The quantitative estimate of drug-likeness (QED) is 0.588. The van der Waals surface area contributed by atoms with Crippen molar-refractivity contribution in [2.45, 2.75) is 32.4 Å². The molecule has 0 saturated carbocycles. The summed E-state index contributed by atoms with van der Waals surface area (Å²) >= 11 is 1.53. The summed E-state index contributed by atoms with van der Waals surface area (Å²) in [6, 6.07) is -1.72. The fraction of sp³-hybridized carbons (Fsp3) is 0.417. The minimum Gasteiger partial charge on any atom is -0.480 e. The molecule has 20 heavy (non-hydrogen) atoms. The van der Waals surface area contributed by atoms with Crippen LogP contribution in [0, 0.1) is 6.92 Å². The predicted molar refractivity (Wildman–Crippen MR) is 74.3 cm³/mol. The second-order valence-corrected chi connectivity index (χ2v) is 5.05. The van der Waals surface area contributed by atoms with Crippen molar-refractivity contribution in [2.24, 2.45) is 5.73 Å². The van der Waals surface area contributed by atoms with Crippen LogP contribution in [0.25, 0.3) is 0 Å². The molecule has 0 aliphatic rings. The Hall–Kier alpha value is -2.09. The van der Waals surface area contributed by atoms with E-state index < -0.39 is 23.9 Å². The van der Waals surface area contributed by atoms with E-state index in [1.807, 2.05) is 17.7 Å². The van der Waals surface area contributed by atoms with Crippen LogP contribution in [0.3, 0.4) is 0 Å². The topological polar surface area (TPSA) is 122 Å². The van der Waals surface area contributed by atoms with E-state index in [0.717, 1.165) is 11.1 Å². The third kappa shape index (κ3) is 5.27. The fourth-order valence-corrected chi connectivity index (χ4v) is 2.35. The molecule has 0 bridgehead atoms. The molecule has 0 fully saturated rings. The second kappa shape index (κ2) is 7.49. The number of primary amides is 1. The molecular weight excluding hydrogens is 282 g/mol. The van der Waals surface area contributed by atoms with Crippen LogP contribution < -0.4 is 16.4 Å². The van der Waals surface area contributed by atoms with E-state index >= 15 is 0 Å². The van der Waals surface area contributed by atoms with Crippen LogP contribution in [0.5, 0.6) is 0 Å². The third-order valence-corrected chi connectivity index (χ3v) is 3.59. The number of thiophene rings is 1. The van der Waals surface area contributed by atoms with Crippen molar-refractivity contribution in [1.29, 1.82) is 0 Å². The van der Waals surface area contributed by atoms with Gasteiger partial charge < -0.3 is 21.5 Å². The van der Waals surface area contributed by atoms with Crippen LogP contribution in [0.4, 0.5) is 4.79 Å². The van der Waals surface area contributed by atoms with E-state index in [1.54, 1.807) is 0 Å². The largest absolute Gasteiger partial charge is 0.480 e. The minimum absolute atomic E-state index is 0.0322. The highest BCUT2D eigenvalue weighted by Crippen LogP contribution is 2.12. The van der Waals surface area contributed by atoms with E-state index in [2.05, 4.69) is 10.6 Å². The zero-order valence-electron chi connectivity index (χ0n) is 11.0. The van der Waals surface area contributed by atoms with Gasteiger partial charge in [-0.3, -0.25) is 4.79 Å². The molecule has 8 heteroatoms. The molecule has 1 aromatic rings. The van der Waals surface area contributed by atoms with Crippen molar-refractivity contribution < 1.29 is 19.5 Å². The number of hydrogen-bond acceptors (Lipinski definition) is 4. The van der Waals surface area contributed by atoms with Gasteiger partial charge >= 0.3 is 12.0 Å². The van der Waals surface area contributed by atoms with Gasteiger partial charge in [0.15, 0.2) is 0 Å². The number of amides is 3. The van der Waals surface area contributed by atoms with E-state index in [1.165, 1.54) is 11.3 Å². The summed E-state index contributed by atoms with van der Waals surface area (Å²) in [6.07, 6.45) is -0.129. The summed E-state index contributed by atoms with van der Waals surface area (Å²) in [5, 5.41) is 17.7. The van der Waals surface area contributed by atoms with Crippen LogP contribution in [0.15, 0.2) is 10.8 Å². The molecule has 5 N–H and O–H groups in total. The Morgan fingerprint density at radius 2 is 2.10 bits per heavy atom. The molecule has 0 spiro atoms. The Bertz CT molecular complexity index is 501. The first-order valence-electron chi connectivity index (χ1n) is 5.97. The Balaban J connectivity index is 2.43. The Kier molecular flexibility index (Phi) is 5.98. The smallest absolute Gasteiger partial charge is 0.326 e. The fourth-order valence-electron chi connectivity index (χ4n) is 1.50. The van der Waals surface area contributed by atoms with Gasteiger partial charge in [-0.1, -0.05) is 0 Å². The lowest BCUT2D eigenvalue weighted by atomic mass is 10.1. The van der Waals surface area contributed by atoms with Crippen molar-refractivity contribution in [3.63, 3.8) is 0 Å². The van der Waals surface area contributed by atoms with E-state index in [4.69, 9.17) is 10.8 Å². The first-order chi connectivity index (χ1) is 9.40. The minimum atomic E-state index is -1.20. The van der Waals surface area contributed by atoms with Gasteiger partial charge in [-0.25, -0.2) is 9.59 Å². The number of carboxylic acids is 1. The zero-order chi connectivity index (χ0) is 15.1. The van der Waals surface area contributed by atoms with Crippen molar-refractivity contribution in [3.8, 4) is 0 Å². The maximum Gasteiger partial charge on any atom is 0.326 e. The highest BCUT2D eigenvalue weighted by molar-refractivity contribution is 7.08. The SMILES string of the molecule is Cc1cscc1CNC(=O)NC(CCC(N)=O)C(=O)O. The van der Waals surface area contributed by atoms with Crippen LogP contribution in [-0.2, 0) is 16.1 Å². The maximum atomic E-state index is 11.6. The van der Waals surface area contributed by atoms with E-state index in [0.29, 0.717) is 6.54 Å². The lowest BCUT2D eigenvalue weighted by Crippen LogP contribution is -2.46. The predicted octanol–water partition coefficient (Wildman–Crippen LogP) is 0.574. The lowest BCUT2D eigenvalue weighted by Gasteiger charge is -2.14. The summed E-state index contributed by atoms with van der Waals surface area (Å²) in [4.78, 5) is 33.2. The highest BCUT2D eigenvalue weighted by Gasteiger charge is 2.20. The summed E-state index contributed by atoms with van der Waals surface area (Å²) in [6.45, 7) is 2.25. The number of aryl methyl sites for hydroxylation is 1. The Morgan fingerprint density at radius 1 is 1.40 bits per heavy atom. The van der Waals surface area contributed by atoms with Gasteiger partial charge in [-0.15, -0.1) is 0 Å². The molecule has 7 nitrogen and oxygen atoms in total. The highest BCUT2D eigenvalue weighted by atomic mass is 32.1. The van der Waals surface area contributed by atoms with Crippen molar-refractivity contribution in [2.75, 3.05) is 0 Å². The first kappa shape index (κ1) is 16.0.